The van der Waals surface area contributed by atoms with Gasteiger partial charge in [-0.15, -0.1) is 23.5 Å². The van der Waals surface area contributed by atoms with Crippen molar-refractivity contribution in [3.05, 3.63) is 60.0 Å². The fourth-order valence-corrected chi connectivity index (χ4v) is 5.06. The molecule has 1 aliphatic rings. The van der Waals surface area contributed by atoms with Gasteiger partial charge in [0, 0.05) is 34.0 Å². The summed E-state index contributed by atoms with van der Waals surface area (Å²) in [5.41, 5.74) is 1.96. The lowest BCUT2D eigenvalue weighted by atomic mass is 10.2. The number of H-pyrrole nitrogens is 1. The number of aromatic amines is 1. The van der Waals surface area contributed by atoms with Crippen LogP contribution in [0.4, 0.5) is 4.39 Å². The minimum Gasteiger partial charge on any atom is -0.497 e. The molecule has 1 unspecified atom stereocenters. The van der Waals surface area contributed by atoms with E-state index in [1.807, 2.05) is 36.0 Å². The lowest BCUT2D eigenvalue weighted by molar-refractivity contribution is 0.413. The SMILES string of the molecule is COc1cccc(SCC2=NC(Cc3cc4ccc(F)cc4[nH]3)CS2)c1. The molecule has 26 heavy (non-hydrogen) atoms. The number of rotatable bonds is 6. The molecule has 3 aromatic rings. The highest BCUT2D eigenvalue weighted by molar-refractivity contribution is 8.16. The van der Waals surface area contributed by atoms with E-state index < -0.39 is 0 Å². The van der Waals surface area contributed by atoms with Crippen molar-refractivity contribution in [1.29, 1.82) is 0 Å². The number of nitrogens with one attached hydrogen (secondary N) is 1. The molecule has 3 nitrogen and oxygen atoms in total. The van der Waals surface area contributed by atoms with Crippen molar-refractivity contribution in [1.82, 2.24) is 4.98 Å². The number of hydrogen-bond acceptors (Lipinski definition) is 4. The monoisotopic (exact) mass is 386 g/mol. The summed E-state index contributed by atoms with van der Waals surface area (Å²) in [5, 5.41) is 2.23. The Kier molecular flexibility index (Phi) is 5.22. The van der Waals surface area contributed by atoms with Gasteiger partial charge in [-0.1, -0.05) is 6.07 Å². The van der Waals surface area contributed by atoms with E-state index in [-0.39, 0.29) is 11.9 Å². The third-order valence-corrected chi connectivity index (χ3v) is 6.59. The minimum atomic E-state index is -0.211. The topological polar surface area (TPSA) is 37.4 Å². The molecule has 2 aromatic carbocycles. The number of thioether (sulfide) groups is 2. The maximum Gasteiger partial charge on any atom is 0.125 e. The second-order valence-electron chi connectivity index (χ2n) is 6.19. The van der Waals surface area contributed by atoms with Crippen LogP contribution in [0.2, 0.25) is 0 Å². The Morgan fingerprint density at radius 1 is 1.27 bits per heavy atom. The summed E-state index contributed by atoms with van der Waals surface area (Å²) in [4.78, 5) is 9.36. The second kappa shape index (κ2) is 7.76. The lowest BCUT2D eigenvalue weighted by Crippen LogP contribution is -2.08. The van der Waals surface area contributed by atoms with Crippen molar-refractivity contribution in [3.63, 3.8) is 0 Å². The maximum absolute atomic E-state index is 13.3. The summed E-state index contributed by atoms with van der Waals surface area (Å²) in [6, 6.07) is 15.3. The lowest BCUT2D eigenvalue weighted by Gasteiger charge is -2.04. The first kappa shape index (κ1) is 17.5. The number of fused-ring (bicyclic) bond motifs is 1. The molecule has 0 radical (unpaired) electrons. The van der Waals surface area contributed by atoms with Crippen LogP contribution in [0.25, 0.3) is 10.9 Å². The van der Waals surface area contributed by atoms with Crippen molar-refractivity contribution in [2.75, 3.05) is 18.6 Å². The Balaban J connectivity index is 1.37. The van der Waals surface area contributed by atoms with E-state index in [1.54, 1.807) is 24.9 Å². The number of ether oxygens (including phenoxy) is 1. The summed E-state index contributed by atoms with van der Waals surface area (Å²) in [6.45, 7) is 0. The summed E-state index contributed by atoms with van der Waals surface area (Å²) in [6.07, 6.45) is 0.858. The van der Waals surface area contributed by atoms with Gasteiger partial charge in [0.2, 0.25) is 0 Å². The molecule has 134 valence electrons. The van der Waals surface area contributed by atoms with Gasteiger partial charge in [0.15, 0.2) is 0 Å². The zero-order valence-electron chi connectivity index (χ0n) is 14.4. The Morgan fingerprint density at radius 2 is 2.19 bits per heavy atom. The van der Waals surface area contributed by atoms with Crippen LogP contribution in [-0.2, 0) is 6.42 Å². The predicted octanol–water partition coefficient (Wildman–Crippen LogP) is 5.16. The number of nitrogens with zero attached hydrogens (tertiary/aromatic N) is 1. The van der Waals surface area contributed by atoms with Gasteiger partial charge in [0.25, 0.3) is 0 Å². The van der Waals surface area contributed by atoms with Crippen LogP contribution < -0.4 is 4.74 Å². The molecule has 0 saturated heterocycles. The van der Waals surface area contributed by atoms with Gasteiger partial charge in [-0.2, -0.15) is 0 Å². The normalized spacial score (nSPS) is 16.8. The van der Waals surface area contributed by atoms with Crippen LogP contribution in [0.5, 0.6) is 5.75 Å². The average molecular weight is 387 g/mol. The molecular weight excluding hydrogens is 367 g/mol. The van der Waals surface area contributed by atoms with Crippen LogP contribution in [0.15, 0.2) is 58.4 Å². The van der Waals surface area contributed by atoms with Crippen LogP contribution >= 0.6 is 23.5 Å². The van der Waals surface area contributed by atoms with E-state index in [4.69, 9.17) is 9.73 Å². The number of halogens is 1. The molecule has 1 N–H and O–H groups in total. The summed E-state index contributed by atoms with van der Waals surface area (Å²) >= 11 is 3.61. The molecule has 4 rings (SSSR count). The van der Waals surface area contributed by atoms with Crippen molar-refractivity contribution in [2.24, 2.45) is 4.99 Å². The first-order valence-electron chi connectivity index (χ1n) is 8.43. The molecule has 0 bridgehead atoms. The highest BCUT2D eigenvalue weighted by Gasteiger charge is 2.19. The highest BCUT2D eigenvalue weighted by Crippen LogP contribution is 2.28. The first-order valence-corrected chi connectivity index (χ1v) is 10.4. The minimum absolute atomic E-state index is 0.211. The van der Waals surface area contributed by atoms with Crippen molar-refractivity contribution in [2.45, 2.75) is 17.4 Å². The van der Waals surface area contributed by atoms with E-state index in [0.717, 1.165) is 40.3 Å². The molecule has 0 aliphatic carbocycles. The number of methoxy groups -OCH3 is 1. The molecule has 1 atom stereocenters. The third-order valence-electron chi connectivity index (χ3n) is 4.27. The second-order valence-corrected chi connectivity index (χ2v) is 8.33. The predicted molar refractivity (Wildman–Crippen MR) is 109 cm³/mol. The van der Waals surface area contributed by atoms with E-state index >= 15 is 0 Å². The summed E-state index contributed by atoms with van der Waals surface area (Å²) in [5.74, 6) is 2.55. The van der Waals surface area contributed by atoms with Gasteiger partial charge < -0.3 is 9.72 Å². The number of aromatic nitrogens is 1. The Hall–Kier alpha value is -1.92. The average Bonchev–Trinajstić information content (AvgIpc) is 3.26. The zero-order chi connectivity index (χ0) is 17.9. The molecule has 2 heterocycles. The molecule has 1 aromatic heterocycles. The van der Waals surface area contributed by atoms with Gasteiger partial charge in [-0.25, -0.2) is 4.39 Å². The number of benzene rings is 2. The van der Waals surface area contributed by atoms with Gasteiger partial charge >= 0.3 is 0 Å². The Morgan fingerprint density at radius 3 is 3.08 bits per heavy atom. The van der Waals surface area contributed by atoms with E-state index in [9.17, 15) is 4.39 Å². The van der Waals surface area contributed by atoms with Crippen LogP contribution in [0.3, 0.4) is 0 Å². The van der Waals surface area contributed by atoms with Gasteiger partial charge in [0.1, 0.15) is 11.6 Å². The zero-order valence-corrected chi connectivity index (χ0v) is 16.0. The molecule has 0 amide bonds. The van der Waals surface area contributed by atoms with Gasteiger partial charge in [-0.3, -0.25) is 4.99 Å². The van der Waals surface area contributed by atoms with Crippen molar-refractivity contribution >= 4 is 39.5 Å². The van der Waals surface area contributed by atoms with E-state index in [1.165, 1.54) is 16.0 Å². The summed E-state index contributed by atoms with van der Waals surface area (Å²) in [7, 11) is 1.68. The van der Waals surface area contributed by atoms with Crippen molar-refractivity contribution < 1.29 is 9.13 Å². The standard InChI is InChI=1S/C20H19FN2OS2/c1-24-17-3-2-4-18(10-17)25-12-20-23-16(11-26-20)9-15-7-13-5-6-14(21)8-19(13)22-15/h2-8,10,16,22H,9,11-12H2,1H3. The molecule has 6 heteroatoms. The molecule has 0 fully saturated rings. The first-order chi connectivity index (χ1) is 12.7. The molecule has 0 saturated carbocycles. The maximum atomic E-state index is 13.3. The van der Waals surface area contributed by atoms with Crippen LogP contribution in [-0.4, -0.2) is 34.7 Å². The smallest absolute Gasteiger partial charge is 0.125 e. The number of aliphatic imine (C=N–C) groups is 1. The quantitative estimate of drug-likeness (QED) is 0.594. The van der Waals surface area contributed by atoms with E-state index in [2.05, 4.69) is 17.1 Å². The van der Waals surface area contributed by atoms with Gasteiger partial charge in [0.05, 0.1) is 18.2 Å². The largest absolute Gasteiger partial charge is 0.497 e. The third kappa shape index (κ3) is 4.07. The Bertz CT molecular complexity index is 954. The fraction of sp³-hybridized carbons (Fsp3) is 0.250. The number of hydrogen-bond donors (Lipinski definition) is 1. The van der Waals surface area contributed by atoms with Crippen LogP contribution in [0, 0.1) is 5.82 Å². The molecular formula is C20H19FN2OS2. The fourth-order valence-electron chi connectivity index (χ4n) is 3.01. The van der Waals surface area contributed by atoms with Crippen LogP contribution in [0.1, 0.15) is 5.69 Å². The highest BCUT2D eigenvalue weighted by atomic mass is 32.2. The van der Waals surface area contributed by atoms with E-state index in [0.29, 0.717) is 0 Å². The van der Waals surface area contributed by atoms with Crippen molar-refractivity contribution in [3.8, 4) is 5.75 Å². The molecule has 1 aliphatic heterocycles. The molecule has 0 spiro atoms. The van der Waals surface area contributed by atoms with Gasteiger partial charge in [-0.05, 0) is 47.9 Å². The Labute approximate surface area is 160 Å². The summed E-state index contributed by atoms with van der Waals surface area (Å²) < 4.78 is 18.6.